The summed E-state index contributed by atoms with van der Waals surface area (Å²) in [7, 11) is 3.08. The zero-order valence-corrected chi connectivity index (χ0v) is 12.0. The van der Waals surface area contributed by atoms with Crippen molar-refractivity contribution in [3.8, 4) is 11.5 Å². The molecule has 1 amide bonds. The molecule has 0 aromatic heterocycles. The van der Waals surface area contributed by atoms with Gasteiger partial charge in [0.25, 0.3) is 5.91 Å². The Balaban J connectivity index is 2.28. The van der Waals surface area contributed by atoms with Crippen molar-refractivity contribution in [1.82, 2.24) is 4.90 Å². The van der Waals surface area contributed by atoms with Gasteiger partial charge in [0.05, 0.1) is 14.2 Å². The quantitative estimate of drug-likeness (QED) is 0.908. The molecule has 110 valence electrons. The van der Waals surface area contributed by atoms with Gasteiger partial charge in [0.1, 0.15) is 17.1 Å². The number of nitrogens with zero attached hydrogens (tertiary/aromatic N) is 1. The number of rotatable bonds is 4. The Morgan fingerprint density at radius 3 is 2.55 bits per heavy atom. The predicted molar refractivity (Wildman–Crippen MR) is 75.3 cm³/mol. The molecule has 1 heterocycles. The molecule has 0 aliphatic carbocycles. The van der Waals surface area contributed by atoms with Crippen molar-refractivity contribution < 1.29 is 19.4 Å². The highest BCUT2D eigenvalue weighted by atomic mass is 16.5. The van der Waals surface area contributed by atoms with Gasteiger partial charge in [0.2, 0.25) is 0 Å². The molecule has 5 nitrogen and oxygen atoms in total. The highest BCUT2D eigenvalue weighted by Gasteiger charge is 2.28. The summed E-state index contributed by atoms with van der Waals surface area (Å²) in [6.07, 6.45) is 1.87. The average molecular weight is 279 g/mol. The van der Waals surface area contributed by atoms with E-state index in [-0.39, 0.29) is 18.4 Å². The first-order chi connectivity index (χ1) is 9.71. The first-order valence-corrected chi connectivity index (χ1v) is 6.82. The smallest absolute Gasteiger partial charge is 0.261 e. The third-order valence-electron chi connectivity index (χ3n) is 3.71. The molecule has 0 radical (unpaired) electrons. The summed E-state index contributed by atoms with van der Waals surface area (Å²) in [6.45, 7) is 1.40. The Hall–Kier alpha value is -1.75. The predicted octanol–water partition coefficient (Wildman–Crippen LogP) is 1.55. The van der Waals surface area contributed by atoms with Gasteiger partial charge in [-0.05, 0) is 30.9 Å². The second-order valence-corrected chi connectivity index (χ2v) is 4.98. The molecule has 1 fully saturated rings. The van der Waals surface area contributed by atoms with E-state index in [2.05, 4.69) is 0 Å². The first kappa shape index (κ1) is 14.7. The van der Waals surface area contributed by atoms with Gasteiger partial charge in [0.15, 0.2) is 0 Å². The number of aliphatic hydroxyl groups is 1. The number of methoxy groups -OCH3 is 2. The lowest BCUT2D eigenvalue weighted by Crippen LogP contribution is -2.41. The second kappa shape index (κ2) is 6.61. The molecule has 1 unspecified atom stereocenters. The van der Waals surface area contributed by atoms with Gasteiger partial charge >= 0.3 is 0 Å². The van der Waals surface area contributed by atoms with Crippen molar-refractivity contribution in [3.05, 3.63) is 23.8 Å². The minimum absolute atomic E-state index is 0.0996. The lowest BCUT2D eigenvalue weighted by molar-refractivity contribution is 0.0614. The lowest BCUT2D eigenvalue weighted by atomic mass is 9.98. The largest absolute Gasteiger partial charge is 0.496 e. The van der Waals surface area contributed by atoms with Crippen LogP contribution >= 0.6 is 0 Å². The number of benzene rings is 1. The number of hydrogen-bond acceptors (Lipinski definition) is 4. The van der Waals surface area contributed by atoms with Gasteiger partial charge in [0, 0.05) is 19.7 Å². The maximum atomic E-state index is 12.7. The van der Waals surface area contributed by atoms with E-state index in [1.54, 1.807) is 23.1 Å². The Bertz CT molecular complexity index is 453. The summed E-state index contributed by atoms with van der Waals surface area (Å²) in [5, 5.41) is 9.28. The molecular weight excluding hydrogens is 258 g/mol. The summed E-state index contributed by atoms with van der Waals surface area (Å²) >= 11 is 0. The van der Waals surface area contributed by atoms with Crippen LogP contribution in [0, 0.1) is 5.92 Å². The fourth-order valence-electron chi connectivity index (χ4n) is 2.62. The monoisotopic (exact) mass is 279 g/mol. The summed E-state index contributed by atoms with van der Waals surface area (Å²) in [4.78, 5) is 14.5. The van der Waals surface area contributed by atoms with E-state index in [0.29, 0.717) is 30.2 Å². The van der Waals surface area contributed by atoms with Crippen LogP contribution in [-0.2, 0) is 0 Å². The van der Waals surface area contributed by atoms with Crippen LogP contribution in [0.25, 0.3) is 0 Å². The molecule has 1 atom stereocenters. The van der Waals surface area contributed by atoms with Crippen molar-refractivity contribution in [3.63, 3.8) is 0 Å². The van der Waals surface area contributed by atoms with E-state index >= 15 is 0 Å². The van der Waals surface area contributed by atoms with E-state index in [1.807, 2.05) is 0 Å². The Morgan fingerprint density at radius 1 is 1.35 bits per heavy atom. The molecule has 0 bridgehead atoms. The normalized spacial score (nSPS) is 18.8. The van der Waals surface area contributed by atoms with E-state index in [1.165, 1.54) is 14.2 Å². The molecular formula is C15H21NO4. The molecule has 1 aliphatic heterocycles. The van der Waals surface area contributed by atoms with Crippen LogP contribution in [-0.4, -0.2) is 49.8 Å². The highest BCUT2D eigenvalue weighted by Crippen LogP contribution is 2.30. The number of carbonyl (C=O) groups excluding carboxylic acids is 1. The molecule has 20 heavy (non-hydrogen) atoms. The fourth-order valence-corrected chi connectivity index (χ4v) is 2.62. The van der Waals surface area contributed by atoms with Crippen molar-refractivity contribution >= 4 is 5.91 Å². The third kappa shape index (κ3) is 2.88. The van der Waals surface area contributed by atoms with E-state index < -0.39 is 0 Å². The van der Waals surface area contributed by atoms with Crippen LogP contribution in [0.3, 0.4) is 0 Å². The Kier molecular flexibility index (Phi) is 4.84. The second-order valence-electron chi connectivity index (χ2n) is 4.98. The first-order valence-electron chi connectivity index (χ1n) is 6.82. The Labute approximate surface area is 119 Å². The van der Waals surface area contributed by atoms with Crippen molar-refractivity contribution in [2.24, 2.45) is 5.92 Å². The maximum absolute atomic E-state index is 12.7. The van der Waals surface area contributed by atoms with Gasteiger partial charge in [-0.25, -0.2) is 0 Å². The molecule has 1 N–H and O–H groups in total. The molecule has 5 heteroatoms. The standard InChI is InChI=1S/C15H21NO4/c1-19-12-6-3-7-13(20-2)14(12)15(18)16-8-4-5-11(9-16)10-17/h3,6-7,11,17H,4-5,8-10H2,1-2H3. The number of ether oxygens (including phenoxy) is 2. The van der Waals surface area contributed by atoms with E-state index in [9.17, 15) is 9.90 Å². The van der Waals surface area contributed by atoms with Gasteiger partial charge in [-0.1, -0.05) is 6.07 Å². The van der Waals surface area contributed by atoms with Gasteiger partial charge in [-0.15, -0.1) is 0 Å². The fraction of sp³-hybridized carbons (Fsp3) is 0.533. The van der Waals surface area contributed by atoms with Crippen LogP contribution < -0.4 is 9.47 Å². The van der Waals surface area contributed by atoms with Crippen LogP contribution in [0.1, 0.15) is 23.2 Å². The molecule has 2 rings (SSSR count). The van der Waals surface area contributed by atoms with Crippen LogP contribution in [0.2, 0.25) is 0 Å². The SMILES string of the molecule is COc1cccc(OC)c1C(=O)N1CCCC(CO)C1. The molecule has 0 spiro atoms. The molecule has 1 aliphatic rings. The van der Waals surface area contributed by atoms with Crippen molar-refractivity contribution in [1.29, 1.82) is 0 Å². The number of likely N-dealkylation sites (tertiary alicyclic amines) is 1. The maximum Gasteiger partial charge on any atom is 0.261 e. The zero-order valence-electron chi connectivity index (χ0n) is 12.0. The lowest BCUT2D eigenvalue weighted by Gasteiger charge is -2.32. The number of aliphatic hydroxyl groups excluding tert-OH is 1. The van der Waals surface area contributed by atoms with Crippen molar-refractivity contribution in [2.75, 3.05) is 33.9 Å². The zero-order chi connectivity index (χ0) is 14.5. The summed E-state index contributed by atoms with van der Waals surface area (Å²) in [6, 6.07) is 5.30. The summed E-state index contributed by atoms with van der Waals surface area (Å²) in [5.41, 5.74) is 0.455. The highest BCUT2D eigenvalue weighted by molar-refractivity contribution is 5.99. The van der Waals surface area contributed by atoms with Crippen LogP contribution in [0.5, 0.6) is 11.5 Å². The van der Waals surface area contributed by atoms with Gasteiger partial charge in [-0.3, -0.25) is 4.79 Å². The topological polar surface area (TPSA) is 59.0 Å². The molecule has 0 saturated carbocycles. The molecule has 1 saturated heterocycles. The van der Waals surface area contributed by atoms with Crippen LogP contribution in [0.15, 0.2) is 18.2 Å². The van der Waals surface area contributed by atoms with E-state index in [4.69, 9.17) is 9.47 Å². The summed E-state index contributed by atoms with van der Waals surface area (Å²) in [5.74, 6) is 1.09. The summed E-state index contributed by atoms with van der Waals surface area (Å²) < 4.78 is 10.6. The van der Waals surface area contributed by atoms with Crippen LogP contribution in [0.4, 0.5) is 0 Å². The van der Waals surface area contributed by atoms with Gasteiger partial charge in [-0.2, -0.15) is 0 Å². The molecule has 1 aromatic carbocycles. The van der Waals surface area contributed by atoms with Crippen molar-refractivity contribution in [2.45, 2.75) is 12.8 Å². The number of amides is 1. The third-order valence-corrected chi connectivity index (χ3v) is 3.71. The molecule has 1 aromatic rings. The number of carbonyl (C=O) groups is 1. The minimum Gasteiger partial charge on any atom is -0.496 e. The number of hydrogen-bond donors (Lipinski definition) is 1. The Morgan fingerprint density at radius 2 is 2.00 bits per heavy atom. The minimum atomic E-state index is -0.0996. The van der Waals surface area contributed by atoms with Gasteiger partial charge < -0.3 is 19.5 Å². The van der Waals surface area contributed by atoms with E-state index in [0.717, 1.165) is 12.8 Å². The number of piperidine rings is 1. The average Bonchev–Trinajstić information content (AvgIpc) is 2.53.